The van der Waals surface area contributed by atoms with Crippen LogP contribution in [-0.2, 0) is 26.1 Å². The Bertz CT molecular complexity index is 713. The van der Waals surface area contributed by atoms with Crippen molar-refractivity contribution in [1.29, 1.82) is 0 Å². The summed E-state index contributed by atoms with van der Waals surface area (Å²) in [5, 5.41) is 11.9. The number of rotatable bonds is 8. The summed E-state index contributed by atoms with van der Waals surface area (Å²) in [6.45, 7) is 3.80. The maximum Gasteiger partial charge on any atom is 0.434 e. The molecule has 0 fully saturated rings. The van der Waals surface area contributed by atoms with Gasteiger partial charge in [0.2, 0.25) is 0 Å². The highest BCUT2D eigenvalue weighted by Gasteiger charge is 2.33. The summed E-state index contributed by atoms with van der Waals surface area (Å²) >= 11 is 1.02. The Morgan fingerprint density at radius 1 is 1.30 bits per heavy atom. The first-order valence-electron chi connectivity index (χ1n) is 8.39. The Morgan fingerprint density at radius 3 is 2.67 bits per heavy atom. The Hall–Kier alpha value is -1.37. The molecule has 0 saturated heterocycles. The zero-order chi connectivity index (χ0) is 19.0. The molecule has 0 aromatic carbocycles. The number of hydrogen-bond donors (Lipinski definition) is 2. The maximum atomic E-state index is 12.5. The molecule has 2 aromatic heterocycles. The van der Waals surface area contributed by atoms with Crippen molar-refractivity contribution in [2.75, 3.05) is 19.6 Å². The van der Waals surface area contributed by atoms with Crippen molar-refractivity contribution in [1.82, 2.24) is 25.4 Å². The lowest BCUT2D eigenvalue weighted by molar-refractivity contribution is -0.140. The number of hydrogen-bond acceptors (Lipinski definition) is 4. The molecule has 2 heterocycles. The van der Waals surface area contributed by atoms with E-state index in [9.17, 15) is 13.2 Å². The molecule has 2 aromatic rings. The molecule has 0 amide bonds. The highest BCUT2D eigenvalue weighted by molar-refractivity contribution is 14.0. The lowest BCUT2D eigenvalue weighted by Gasteiger charge is -2.10. The molecule has 11 heteroatoms. The van der Waals surface area contributed by atoms with Gasteiger partial charge in [0.05, 0.1) is 11.2 Å². The van der Waals surface area contributed by atoms with E-state index in [0.29, 0.717) is 37.0 Å². The van der Waals surface area contributed by atoms with Crippen LogP contribution in [0.25, 0.3) is 0 Å². The predicted molar refractivity (Wildman–Crippen MR) is 112 cm³/mol. The zero-order valence-electron chi connectivity index (χ0n) is 15.2. The second-order valence-corrected chi connectivity index (χ2v) is 6.63. The van der Waals surface area contributed by atoms with Crippen LogP contribution in [0, 0.1) is 0 Å². The zero-order valence-corrected chi connectivity index (χ0v) is 18.4. The third kappa shape index (κ3) is 8.45. The van der Waals surface area contributed by atoms with Crippen LogP contribution in [0.3, 0.4) is 0 Å². The molecule has 0 unspecified atom stereocenters. The van der Waals surface area contributed by atoms with Gasteiger partial charge in [-0.2, -0.15) is 18.3 Å². The molecule has 0 aliphatic heterocycles. The molecule has 2 N–H and O–H groups in total. The predicted octanol–water partition coefficient (Wildman–Crippen LogP) is 3.24. The number of aryl methyl sites for hydroxylation is 2. The Kier molecular flexibility index (Phi) is 10.1. The van der Waals surface area contributed by atoms with E-state index in [1.807, 2.05) is 26.4 Å². The lowest BCUT2D eigenvalue weighted by Crippen LogP contribution is -2.38. The SMILES string of the molecule is CCNC(=NCCCc1cnn(C)c1)NCCc1nc(C(F)(F)F)cs1.I. The first-order chi connectivity index (χ1) is 12.4. The summed E-state index contributed by atoms with van der Waals surface area (Å²) in [4.78, 5) is 8.10. The van der Waals surface area contributed by atoms with Gasteiger partial charge in [0.25, 0.3) is 0 Å². The van der Waals surface area contributed by atoms with Crippen molar-refractivity contribution < 1.29 is 13.2 Å². The van der Waals surface area contributed by atoms with Crippen molar-refractivity contribution in [2.45, 2.75) is 32.4 Å². The molecule has 0 radical (unpaired) electrons. The van der Waals surface area contributed by atoms with Gasteiger partial charge < -0.3 is 10.6 Å². The second-order valence-electron chi connectivity index (χ2n) is 5.69. The Balaban J connectivity index is 0.00000364. The summed E-state index contributed by atoms with van der Waals surface area (Å²) in [6.07, 6.45) is 1.65. The summed E-state index contributed by atoms with van der Waals surface area (Å²) in [7, 11) is 1.88. The average Bonchev–Trinajstić information content (AvgIpc) is 3.20. The quantitative estimate of drug-likeness (QED) is 0.245. The average molecular weight is 516 g/mol. The van der Waals surface area contributed by atoms with Gasteiger partial charge in [0, 0.05) is 44.7 Å². The van der Waals surface area contributed by atoms with Crippen molar-refractivity contribution >= 4 is 41.3 Å². The Morgan fingerprint density at radius 2 is 2.07 bits per heavy atom. The monoisotopic (exact) mass is 516 g/mol. The molecule has 0 bridgehead atoms. The number of aliphatic imine (C=N–C) groups is 1. The van der Waals surface area contributed by atoms with Crippen LogP contribution in [0.5, 0.6) is 0 Å². The van der Waals surface area contributed by atoms with E-state index in [2.05, 4.69) is 25.7 Å². The molecule has 0 spiro atoms. The van der Waals surface area contributed by atoms with Gasteiger partial charge in [0.1, 0.15) is 0 Å². The van der Waals surface area contributed by atoms with Crippen molar-refractivity contribution in [3.63, 3.8) is 0 Å². The topological polar surface area (TPSA) is 67.1 Å². The third-order valence-corrected chi connectivity index (χ3v) is 4.38. The molecule has 152 valence electrons. The van der Waals surface area contributed by atoms with E-state index in [1.165, 1.54) is 5.56 Å². The van der Waals surface area contributed by atoms with Gasteiger partial charge in [-0.3, -0.25) is 9.67 Å². The van der Waals surface area contributed by atoms with Gasteiger partial charge in [-0.1, -0.05) is 0 Å². The Labute approximate surface area is 177 Å². The number of thiazole rings is 1. The van der Waals surface area contributed by atoms with E-state index >= 15 is 0 Å². The maximum absolute atomic E-state index is 12.5. The normalized spacial score (nSPS) is 12.0. The smallest absolute Gasteiger partial charge is 0.357 e. The highest BCUT2D eigenvalue weighted by atomic mass is 127. The third-order valence-electron chi connectivity index (χ3n) is 3.47. The number of nitrogens with zero attached hydrogens (tertiary/aromatic N) is 4. The van der Waals surface area contributed by atoms with E-state index in [-0.39, 0.29) is 24.0 Å². The highest BCUT2D eigenvalue weighted by Crippen LogP contribution is 2.29. The number of halogens is 4. The number of alkyl halides is 3. The van der Waals surface area contributed by atoms with Crippen LogP contribution < -0.4 is 10.6 Å². The standard InChI is InChI=1S/C16H23F3N6S.HI/c1-3-20-15(21-7-4-5-12-9-23-25(2)10-12)22-8-6-14-24-13(11-26-14)16(17,18)19;/h9-11H,3-8H2,1-2H3,(H2,20,21,22);1H. The summed E-state index contributed by atoms with van der Waals surface area (Å²) in [6, 6.07) is 0. The molecule has 6 nitrogen and oxygen atoms in total. The van der Waals surface area contributed by atoms with Crippen LogP contribution in [0.4, 0.5) is 13.2 Å². The molecular formula is C16H24F3IN6S. The molecule has 27 heavy (non-hydrogen) atoms. The van der Waals surface area contributed by atoms with Crippen LogP contribution in [-0.4, -0.2) is 40.4 Å². The molecule has 2 rings (SSSR count). The van der Waals surface area contributed by atoms with Gasteiger partial charge >= 0.3 is 6.18 Å². The van der Waals surface area contributed by atoms with Crippen LogP contribution in [0.2, 0.25) is 0 Å². The molecule has 0 saturated carbocycles. The lowest BCUT2D eigenvalue weighted by atomic mass is 10.2. The fraction of sp³-hybridized carbons (Fsp3) is 0.562. The number of nitrogens with one attached hydrogen (secondary N) is 2. The van der Waals surface area contributed by atoms with Crippen molar-refractivity contribution in [3.05, 3.63) is 34.0 Å². The van der Waals surface area contributed by atoms with E-state index in [0.717, 1.165) is 29.6 Å². The molecule has 0 aliphatic rings. The van der Waals surface area contributed by atoms with Gasteiger partial charge in [-0.05, 0) is 25.3 Å². The minimum absolute atomic E-state index is 0. The summed E-state index contributed by atoms with van der Waals surface area (Å²) in [5.41, 5.74) is 0.346. The van der Waals surface area contributed by atoms with Crippen LogP contribution >= 0.6 is 35.3 Å². The van der Waals surface area contributed by atoms with E-state index in [1.54, 1.807) is 4.68 Å². The minimum Gasteiger partial charge on any atom is -0.357 e. The first kappa shape index (κ1) is 23.7. The molecule has 0 aliphatic carbocycles. The van der Waals surface area contributed by atoms with E-state index in [4.69, 9.17) is 0 Å². The summed E-state index contributed by atoms with van der Waals surface area (Å²) in [5.74, 6) is 0.659. The fourth-order valence-corrected chi connectivity index (χ4v) is 3.07. The number of guanidine groups is 1. The second kappa shape index (κ2) is 11.5. The first-order valence-corrected chi connectivity index (χ1v) is 9.27. The summed E-state index contributed by atoms with van der Waals surface area (Å²) < 4.78 is 39.4. The van der Waals surface area contributed by atoms with Gasteiger partial charge in [0.15, 0.2) is 11.7 Å². The van der Waals surface area contributed by atoms with Crippen LogP contribution in [0.15, 0.2) is 22.8 Å². The number of aromatic nitrogens is 3. The van der Waals surface area contributed by atoms with Crippen LogP contribution in [0.1, 0.15) is 29.6 Å². The largest absolute Gasteiger partial charge is 0.434 e. The molecular weight excluding hydrogens is 492 g/mol. The molecule has 0 atom stereocenters. The minimum atomic E-state index is -4.38. The van der Waals surface area contributed by atoms with Crippen molar-refractivity contribution in [2.24, 2.45) is 12.0 Å². The van der Waals surface area contributed by atoms with E-state index < -0.39 is 11.9 Å². The van der Waals surface area contributed by atoms with Gasteiger partial charge in [-0.15, -0.1) is 35.3 Å². The fourth-order valence-electron chi connectivity index (χ4n) is 2.26. The van der Waals surface area contributed by atoms with Crippen molar-refractivity contribution in [3.8, 4) is 0 Å². The van der Waals surface area contributed by atoms with Gasteiger partial charge in [-0.25, -0.2) is 4.98 Å².